The highest BCUT2D eigenvalue weighted by Crippen LogP contribution is 2.25. The molecule has 0 bridgehead atoms. The van der Waals surface area contributed by atoms with Crippen molar-refractivity contribution in [2.45, 2.75) is 19.8 Å². The highest BCUT2D eigenvalue weighted by Gasteiger charge is 2.36. The molecular formula is C15H18BrNO3. The molecule has 108 valence electrons. The van der Waals surface area contributed by atoms with E-state index < -0.39 is 5.97 Å². The summed E-state index contributed by atoms with van der Waals surface area (Å²) in [6, 6.07) is 7.93. The van der Waals surface area contributed by atoms with E-state index in [-0.39, 0.29) is 17.7 Å². The molecule has 1 fully saturated rings. The molecule has 1 aromatic carbocycles. The van der Waals surface area contributed by atoms with Gasteiger partial charge in [0.2, 0.25) is 5.91 Å². The molecule has 1 unspecified atom stereocenters. The molecule has 1 N–H and O–H groups in total. The van der Waals surface area contributed by atoms with Crippen LogP contribution >= 0.6 is 15.9 Å². The fraction of sp³-hybridized carbons (Fsp3) is 0.467. The summed E-state index contributed by atoms with van der Waals surface area (Å²) in [6.45, 7) is 2.85. The molecule has 1 heterocycles. The van der Waals surface area contributed by atoms with E-state index >= 15 is 0 Å². The van der Waals surface area contributed by atoms with Gasteiger partial charge in [0.25, 0.3) is 0 Å². The van der Waals surface area contributed by atoms with E-state index in [9.17, 15) is 9.59 Å². The van der Waals surface area contributed by atoms with Crippen molar-refractivity contribution in [1.29, 1.82) is 0 Å². The number of carboxylic acid groups (broad SMARTS) is 1. The van der Waals surface area contributed by atoms with Crippen molar-refractivity contribution >= 4 is 27.8 Å². The minimum Gasteiger partial charge on any atom is -0.481 e. The van der Waals surface area contributed by atoms with E-state index in [4.69, 9.17) is 5.11 Å². The molecule has 4 nitrogen and oxygen atoms in total. The molecule has 20 heavy (non-hydrogen) atoms. The van der Waals surface area contributed by atoms with Crippen LogP contribution in [0.15, 0.2) is 28.7 Å². The number of carboxylic acids is 1. The maximum Gasteiger partial charge on any atom is 0.306 e. The predicted octanol–water partition coefficient (Wildman–Crippen LogP) is 2.56. The van der Waals surface area contributed by atoms with Gasteiger partial charge in [-0.2, -0.15) is 0 Å². The summed E-state index contributed by atoms with van der Waals surface area (Å²) in [5.74, 6) is -0.943. The maximum atomic E-state index is 12.0. The molecule has 5 heteroatoms. The third-order valence-electron chi connectivity index (χ3n) is 3.88. The van der Waals surface area contributed by atoms with Crippen LogP contribution in [0.1, 0.15) is 18.9 Å². The summed E-state index contributed by atoms with van der Waals surface area (Å²) < 4.78 is 1.02. The lowest BCUT2D eigenvalue weighted by Crippen LogP contribution is -2.53. The Hall–Kier alpha value is -1.36. The average Bonchev–Trinajstić information content (AvgIpc) is 2.34. The number of aliphatic carboxylic acids is 1. The third kappa shape index (κ3) is 3.60. The van der Waals surface area contributed by atoms with Crippen LogP contribution in [-0.2, 0) is 16.0 Å². The quantitative estimate of drug-likeness (QED) is 0.896. The number of hydrogen-bond acceptors (Lipinski definition) is 2. The topological polar surface area (TPSA) is 57.6 Å². The molecule has 0 aliphatic carbocycles. The molecule has 0 spiro atoms. The lowest BCUT2D eigenvalue weighted by atomic mass is 9.87. The summed E-state index contributed by atoms with van der Waals surface area (Å²) in [6.07, 6.45) is 1.19. The normalized spacial score (nSPS) is 16.6. The van der Waals surface area contributed by atoms with Crippen molar-refractivity contribution in [1.82, 2.24) is 4.90 Å². The second-order valence-corrected chi connectivity index (χ2v) is 6.23. The highest BCUT2D eigenvalue weighted by molar-refractivity contribution is 9.10. The standard InChI is InChI=1S/C15H18BrNO3/c1-10(15(19)20)12-8-17(9-12)14(18)6-5-11-3-2-4-13(16)7-11/h2-4,7,10,12H,5-6,8-9H2,1H3,(H,19,20). The number of hydrogen-bond donors (Lipinski definition) is 1. The molecule has 1 amide bonds. The zero-order chi connectivity index (χ0) is 14.7. The monoisotopic (exact) mass is 339 g/mol. The average molecular weight is 340 g/mol. The SMILES string of the molecule is CC(C(=O)O)C1CN(C(=O)CCc2cccc(Br)c2)C1. The number of rotatable bonds is 5. The summed E-state index contributed by atoms with van der Waals surface area (Å²) in [4.78, 5) is 24.6. The van der Waals surface area contributed by atoms with Crippen molar-refractivity contribution in [3.63, 3.8) is 0 Å². The largest absolute Gasteiger partial charge is 0.481 e. The van der Waals surface area contributed by atoms with Crippen molar-refractivity contribution in [2.24, 2.45) is 11.8 Å². The maximum absolute atomic E-state index is 12.0. The number of benzene rings is 1. The summed E-state index contributed by atoms with van der Waals surface area (Å²) >= 11 is 3.41. The molecule has 1 aliphatic rings. The van der Waals surface area contributed by atoms with Crippen LogP contribution in [0, 0.1) is 11.8 Å². The van der Waals surface area contributed by atoms with Gasteiger partial charge in [-0.1, -0.05) is 35.0 Å². The first-order valence-corrected chi connectivity index (χ1v) is 7.51. The predicted molar refractivity (Wildman–Crippen MR) is 79.3 cm³/mol. The van der Waals surface area contributed by atoms with Gasteiger partial charge in [0.1, 0.15) is 0 Å². The fourth-order valence-corrected chi connectivity index (χ4v) is 2.78. The van der Waals surface area contributed by atoms with Crippen molar-refractivity contribution in [3.05, 3.63) is 34.3 Å². The Morgan fingerprint density at radius 2 is 2.15 bits per heavy atom. The number of nitrogens with zero attached hydrogens (tertiary/aromatic N) is 1. The van der Waals surface area contributed by atoms with Gasteiger partial charge in [-0.25, -0.2) is 0 Å². The second-order valence-electron chi connectivity index (χ2n) is 5.32. The minimum atomic E-state index is -0.781. The Labute approximate surface area is 126 Å². The van der Waals surface area contributed by atoms with Crippen LogP contribution in [0.5, 0.6) is 0 Å². The van der Waals surface area contributed by atoms with Gasteiger partial charge >= 0.3 is 5.97 Å². The van der Waals surface area contributed by atoms with Crippen LogP contribution in [-0.4, -0.2) is 35.0 Å². The van der Waals surface area contributed by atoms with Gasteiger partial charge in [-0.15, -0.1) is 0 Å². The smallest absolute Gasteiger partial charge is 0.306 e. The molecule has 0 aromatic heterocycles. The number of likely N-dealkylation sites (tertiary alicyclic amines) is 1. The molecule has 2 rings (SSSR count). The minimum absolute atomic E-state index is 0.0994. The number of carbonyl (C=O) groups is 2. The zero-order valence-electron chi connectivity index (χ0n) is 11.4. The Morgan fingerprint density at radius 1 is 1.45 bits per heavy atom. The van der Waals surface area contributed by atoms with Crippen LogP contribution in [0.3, 0.4) is 0 Å². The first-order chi connectivity index (χ1) is 9.47. The third-order valence-corrected chi connectivity index (χ3v) is 4.37. The van der Waals surface area contributed by atoms with Gasteiger partial charge in [-0.05, 0) is 24.1 Å². The van der Waals surface area contributed by atoms with Crippen LogP contribution in [0.25, 0.3) is 0 Å². The van der Waals surface area contributed by atoms with Crippen molar-refractivity contribution < 1.29 is 14.7 Å². The van der Waals surface area contributed by atoms with Crippen molar-refractivity contribution in [3.8, 4) is 0 Å². The first-order valence-electron chi connectivity index (χ1n) is 6.72. The van der Waals surface area contributed by atoms with E-state index in [1.165, 1.54) is 0 Å². The first kappa shape index (κ1) is 15.0. The molecular weight excluding hydrogens is 322 g/mol. The van der Waals surface area contributed by atoms with Gasteiger partial charge in [0, 0.05) is 29.9 Å². The fourth-order valence-electron chi connectivity index (χ4n) is 2.34. The van der Waals surface area contributed by atoms with E-state index in [0.29, 0.717) is 25.9 Å². The Morgan fingerprint density at radius 3 is 2.75 bits per heavy atom. The molecule has 0 radical (unpaired) electrons. The molecule has 1 aromatic rings. The summed E-state index contributed by atoms with van der Waals surface area (Å²) in [5.41, 5.74) is 1.13. The van der Waals surface area contributed by atoms with Crippen LogP contribution in [0.2, 0.25) is 0 Å². The number of amides is 1. The van der Waals surface area contributed by atoms with Gasteiger partial charge in [0.15, 0.2) is 0 Å². The second kappa shape index (κ2) is 6.39. The van der Waals surface area contributed by atoms with E-state index in [1.807, 2.05) is 24.3 Å². The lowest BCUT2D eigenvalue weighted by molar-refractivity contribution is -0.150. The van der Waals surface area contributed by atoms with Crippen molar-refractivity contribution in [2.75, 3.05) is 13.1 Å². The van der Waals surface area contributed by atoms with Crippen LogP contribution in [0.4, 0.5) is 0 Å². The van der Waals surface area contributed by atoms with Crippen LogP contribution < -0.4 is 0 Å². The summed E-state index contributed by atoms with van der Waals surface area (Å²) in [5, 5.41) is 8.91. The molecule has 0 saturated carbocycles. The van der Waals surface area contributed by atoms with E-state index in [1.54, 1.807) is 11.8 Å². The van der Waals surface area contributed by atoms with Gasteiger partial charge in [0.05, 0.1) is 5.92 Å². The zero-order valence-corrected chi connectivity index (χ0v) is 13.0. The lowest BCUT2D eigenvalue weighted by Gasteiger charge is -2.41. The molecule has 1 atom stereocenters. The number of carbonyl (C=O) groups excluding carboxylic acids is 1. The Bertz CT molecular complexity index is 512. The molecule has 1 aliphatic heterocycles. The van der Waals surface area contributed by atoms with Gasteiger partial charge < -0.3 is 10.0 Å². The Kier molecular flexibility index (Phi) is 4.81. The molecule has 1 saturated heterocycles. The summed E-state index contributed by atoms with van der Waals surface area (Å²) in [7, 11) is 0. The number of halogens is 1. The number of aryl methyl sites for hydroxylation is 1. The van der Waals surface area contributed by atoms with Gasteiger partial charge in [-0.3, -0.25) is 9.59 Å². The highest BCUT2D eigenvalue weighted by atomic mass is 79.9. The van der Waals surface area contributed by atoms with E-state index in [2.05, 4.69) is 15.9 Å². The Balaban J connectivity index is 1.76. The van der Waals surface area contributed by atoms with E-state index in [0.717, 1.165) is 10.0 Å².